The Morgan fingerprint density at radius 3 is 1.38 bits per heavy atom. The highest BCUT2D eigenvalue weighted by Crippen LogP contribution is 2.25. The average Bonchev–Trinajstić information content (AvgIpc) is 3.22. The van der Waals surface area contributed by atoms with Gasteiger partial charge in [-0.25, -0.2) is 0 Å². The van der Waals surface area contributed by atoms with E-state index in [-0.39, 0.29) is 52.9 Å². The minimum Gasteiger partial charge on any atom is -0.287 e. The van der Waals surface area contributed by atoms with Crippen molar-refractivity contribution in [1.29, 1.82) is 0 Å². The molecule has 0 aromatic carbocycles. The van der Waals surface area contributed by atoms with Crippen molar-refractivity contribution in [2.45, 2.75) is 41.4 Å². The summed E-state index contributed by atoms with van der Waals surface area (Å²) in [5.74, 6) is 11.0. The fourth-order valence-corrected chi connectivity index (χ4v) is 13.9. The molecule has 0 aromatic rings. The van der Waals surface area contributed by atoms with Crippen molar-refractivity contribution in [1.82, 2.24) is 0 Å². The molecule has 3 atom stereocenters. The van der Waals surface area contributed by atoms with E-state index in [9.17, 15) is 33.6 Å². The standard InChI is InChI=1S/C14H21Cl3O3S4.C14H18O3S4.C5H12S4.C3H4Cl2O/c15-4-1-12(18)22-8-7-21-9-11(24-14(20)3-6-17)10-23-13(19)2-5-16;1-4-12(15)19-8-7-18-9-11(21-14(17)6-3)10-20-13(16)5-2;6-1-2-9-4-5(8)3-7;4-2-1-3(5)6/h11H,1-10H2;4-6,11H,1-3,7-10H2;5-8H,1-4H2;1-2H2. The molecule has 24 heteroatoms. The Kier molecular flexibility index (Phi) is 62.4. The Labute approximate surface area is 438 Å². The van der Waals surface area contributed by atoms with Gasteiger partial charge < -0.3 is 0 Å². The van der Waals surface area contributed by atoms with Gasteiger partial charge in [0.1, 0.15) is 0 Å². The van der Waals surface area contributed by atoms with Crippen LogP contribution in [0.5, 0.6) is 0 Å². The van der Waals surface area contributed by atoms with E-state index in [0.29, 0.717) is 65.3 Å². The lowest BCUT2D eigenvalue weighted by Crippen LogP contribution is -2.15. The second-order valence-corrected chi connectivity index (χ2v) is 24.3. The van der Waals surface area contributed by atoms with Crippen molar-refractivity contribution < 1.29 is 33.6 Å². The van der Waals surface area contributed by atoms with E-state index in [0.717, 1.165) is 63.5 Å². The summed E-state index contributed by atoms with van der Waals surface area (Å²) in [6.07, 6.45) is 5.18. The van der Waals surface area contributed by atoms with E-state index in [1.54, 1.807) is 23.5 Å². The molecule has 0 saturated heterocycles. The van der Waals surface area contributed by atoms with Gasteiger partial charge in [-0.2, -0.15) is 73.2 Å². The number of hydrogen-bond donors (Lipinski definition) is 3. The molecular formula is C36H55Cl5O7S12. The number of hydrogen-bond acceptors (Lipinski definition) is 19. The van der Waals surface area contributed by atoms with Crippen LogP contribution < -0.4 is 0 Å². The van der Waals surface area contributed by atoms with Crippen molar-refractivity contribution in [3.05, 3.63) is 38.0 Å². The Hall–Kier alpha value is 2.56. The van der Waals surface area contributed by atoms with Crippen LogP contribution in [0.3, 0.4) is 0 Å². The van der Waals surface area contributed by atoms with Crippen molar-refractivity contribution in [2.24, 2.45) is 0 Å². The van der Waals surface area contributed by atoms with E-state index in [4.69, 9.17) is 58.0 Å². The maximum absolute atomic E-state index is 11.8. The van der Waals surface area contributed by atoms with E-state index < -0.39 is 0 Å². The average molecular weight is 1160 g/mol. The van der Waals surface area contributed by atoms with Crippen molar-refractivity contribution in [3.8, 4) is 0 Å². The molecule has 3 unspecified atom stereocenters. The summed E-state index contributed by atoms with van der Waals surface area (Å²) >= 11 is 51.7. The van der Waals surface area contributed by atoms with Gasteiger partial charge >= 0.3 is 0 Å². The fourth-order valence-electron chi connectivity index (χ4n) is 2.80. The molecule has 7 nitrogen and oxygen atoms in total. The largest absolute Gasteiger partial charge is 0.287 e. The molecule has 0 bridgehead atoms. The van der Waals surface area contributed by atoms with Crippen LogP contribution in [0.15, 0.2) is 38.0 Å². The van der Waals surface area contributed by atoms with E-state index >= 15 is 0 Å². The fraction of sp³-hybridized carbons (Fsp3) is 0.639. The topological polar surface area (TPSA) is 119 Å². The van der Waals surface area contributed by atoms with Gasteiger partial charge in [-0.15, -0.1) is 46.4 Å². The van der Waals surface area contributed by atoms with E-state index in [1.807, 2.05) is 11.8 Å². The second-order valence-electron chi connectivity index (χ2n) is 10.4. The van der Waals surface area contributed by atoms with Crippen LogP contribution in [0.2, 0.25) is 0 Å². The molecule has 0 aromatic heterocycles. The predicted molar refractivity (Wildman–Crippen MR) is 298 cm³/mol. The van der Waals surface area contributed by atoms with Gasteiger partial charge in [0, 0.05) is 128 Å². The number of carbonyl (C=O) groups is 7. The molecule has 0 radical (unpaired) electrons. The van der Waals surface area contributed by atoms with Crippen LogP contribution in [-0.2, 0) is 33.6 Å². The number of thioether (sulfide) groups is 9. The molecule has 0 heterocycles. The molecule has 0 amide bonds. The van der Waals surface area contributed by atoms with Crippen LogP contribution in [0.1, 0.15) is 25.7 Å². The first-order chi connectivity index (χ1) is 28.6. The summed E-state index contributed by atoms with van der Waals surface area (Å²) in [5.41, 5.74) is 0. The Bertz CT molecular complexity index is 1210. The number of alkyl halides is 4. The summed E-state index contributed by atoms with van der Waals surface area (Å²) in [6, 6.07) is 0. The van der Waals surface area contributed by atoms with Gasteiger partial charge in [-0.05, 0) is 35.6 Å². The van der Waals surface area contributed by atoms with Crippen molar-refractivity contribution in [3.63, 3.8) is 0 Å². The summed E-state index contributed by atoms with van der Waals surface area (Å²) in [6.45, 7) is 10.3. The monoisotopic (exact) mass is 1160 g/mol. The zero-order chi connectivity index (χ0) is 46.4. The normalized spacial score (nSPS) is 11.7. The molecule has 60 heavy (non-hydrogen) atoms. The minimum absolute atomic E-state index is 0.0319. The molecule has 348 valence electrons. The van der Waals surface area contributed by atoms with Crippen LogP contribution in [0, 0.1) is 0 Å². The molecule has 0 fully saturated rings. The lowest BCUT2D eigenvalue weighted by atomic mass is 10.5. The lowest BCUT2D eigenvalue weighted by molar-refractivity contribution is -0.112. The number of halogens is 5. The smallest absolute Gasteiger partial charge is 0.222 e. The van der Waals surface area contributed by atoms with E-state index in [2.05, 4.69) is 57.6 Å². The zero-order valence-corrected chi connectivity index (χ0v) is 46.8. The quantitative estimate of drug-likeness (QED) is 0.0195. The zero-order valence-electron chi connectivity index (χ0n) is 33.0. The van der Waals surface area contributed by atoms with Crippen LogP contribution >= 0.6 is 202 Å². The molecule has 0 rings (SSSR count). The summed E-state index contributed by atoms with van der Waals surface area (Å²) in [4.78, 5) is 78.1. The predicted octanol–water partition coefficient (Wildman–Crippen LogP) is 11.4. The highest BCUT2D eigenvalue weighted by Gasteiger charge is 2.18. The first-order valence-electron chi connectivity index (χ1n) is 17.6. The van der Waals surface area contributed by atoms with Crippen molar-refractivity contribution in [2.75, 3.05) is 92.6 Å². The third-order valence-corrected chi connectivity index (χ3v) is 19.1. The summed E-state index contributed by atoms with van der Waals surface area (Å²) in [5, 5.41) is 0.148. The first-order valence-corrected chi connectivity index (χ1v) is 31.1. The van der Waals surface area contributed by atoms with Crippen LogP contribution in [0.25, 0.3) is 0 Å². The number of rotatable bonds is 32. The van der Waals surface area contributed by atoms with E-state index in [1.165, 1.54) is 77.0 Å². The molecule has 0 aliphatic carbocycles. The van der Waals surface area contributed by atoms with Gasteiger partial charge in [-0.3, -0.25) is 33.6 Å². The Balaban J connectivity index is -0.000000392. The number of thiol groups is 3. The second kappa shape index (κ2) is 54.2. The van der Waals surface area contributed by atoms with Crippen molar-refractivity contribution >= 4 is 238 Å². The third kappa shape index (κ3) is 56.7. The Morgan fingerprint density at radius 1 is 0.500 bits per heavy atom. The highest BCUT2D eigenvalue weighted by atomic mass is 35.5. The third-order valence-electron chi connectivity index (χ3n) is 5.44. The van der Waals surface area contributed by atoms with Crippen LogP contribution in [-0.4, -0.2) is 144 Å². The molecule has 0 aliphatic rings. The van der Waals surface area contributed by atoms with Gasteiger partial charge in [0.15, 0.2) is 15.3 Å². The maximum atomic E-state index is 11.8. The maximum Gasteiger partial charge on any atom is 0.222 e. The number of carbonyl (C=O) groups excluding carboxylic acids is 7. The Morgan fingerprint density at radius 2 is 0.933 bits per heavy atom. The minimum atomic E-state index is -0.370. The summed E-state index contributed by atoms with van der Waals surface area (Å²) in [7, 11) is 0. The molecule has 0 saturated carbocycles. The molecular weight excluding hydrogens is 1110 g/mol. The van der Waals surface area contributed by atoms with Gasteiger partial charge in [-0.1, -0.05) is 90.3 Å². The summed E-state index contributed by atoms with van der Waals surface area (Å²) < 4.78 is 0. The SMILES string of the molecule is C=CC(=O)SCCSCC(CSC(=O)C=C)SC(=O)C=C.O=C(CCCl)SCCSCC(CSC(=O)CCCl)SC(=O)CCCl.O=C(Cl)CCCl.SCCSCC(S)CS. The molecule has 0 N–H and O–H groups in total. The van der Waals surface area contributed by atoms with Gasteiger partial charge in [0.2, 0.25) is 20.6 Å². The van der Waals surface area contributed by atoms with Crippen LogP contribution in [0.4, 0.5) is 0 Å². The molecule has 0 spiro atoms. The van der Waals surface area contributed by atoms with Gasteiger partial charge in [0.25, 0.3) is 0 Å². The highest BCUT2D eigenvalue weighted by molar-refractivity contribution is 8.19. The first kappa shape index (κ1) is 69.1. The molecule has 0 aliphatic heterocycles. The van der Waals surface area contributed by atoms with Gasteiger partial charge in [0.05, 0.1) is 0 Å². The lowest BCUT2D eigenvalue weighted by Gasteiger charge is -2.14.